The highest BCUT2D eigenvalue weighted by molar-refractivity contribution is 6.71. The molecule has 1 unspecified atom stereocenters. The van der Waals surface area contributed by atoms with Crippen LogP contribution in [0.3, 0.4) is 0 Å². The number of hydrogen-bond donors (Lipinski definition) is 2. The van der Waals surface area contributed by atoms with Crippen molar-refractivity contribution in [2.24, 2.45) is 5.92 Å². The van der Waals surface area contributed by atoms with Gasteiger partial charge in [0.15, 0.2) is 13.9 Å². The highest BCUT2D eigenvalue weighted by Crippen LogP contribution is 2.60. The van der Waals surface area contributed by atoms with E-state index in [1.54, 1.807) is 21.8 Å². The van der Waals surface area contributed by atoms with Crippen LogP contribution in [-0.2, 0) is 28.2 Å². The molecule has 45 heavy (non-hydrogen) atoms. The Hall–Kier alpha value is -4.23. The predicted octanol–water partition coefficient (Wildman–Crippen LogP) is 4.75. The Morgan fingerprint density at radius 1 is 1.09 bits per heavy atom. The Balaban J connectivity index is 1.33. The number of nitrogens with zero attached hydrogens (tertiary/aromatic N) is 5. The van der Waals surface area contributed by atoms with Gasteiger partial charge in [0, 0.05) is 41.9 Å². The largest absolute Gasteiger partial charge is 0.432 e. The van der Waals surface area contributed by atoms with Gasteiger partial charge in [-0.2, -0.15) is 0 Å². The fraction of sp³-hybridized carbons (Fsp3) is 0.364. The van der Waals surface area contributed by atoms with Gasteiger partial charge < -0.3 is 19.5 Å². The van der Waals surface area contributed by atoms with Crippen molar-refractivity contribution in [1.82, 2.24) is 15.0 Å². The number of amides is 1. The monoisotopic (exact) mass is 627 g/mol. The van der Waals surface area contributed by atoms with E-state index in [9.17, 15) is 24.8 Å². The summed E-state index contributed by atoms with van der Waals surface area (Å²) in [4.78, 5) is 39.1. The van der Waals surface area contributed by atoms with Crippen molar-refractivity contribution >= 4 is 25.6 Å². The summed E-state index contributed by atoms with van der Waals surface area (Å²) in [6.07, 6.45) is 1.72. The molecule has 3 heterocycles. The number of hydrogen-bond acceptors (Lipinski definition) is 8. The van der Waals surface area contributed by atoms with Gasteiger partial charge in [-0.25, -0.2) is 0 Å². The summed E-state index contributed by atoms with van der Waals surface area (Å²) in [6.45, 7) is 6.18. The molecule has 0 radical (unpaired) electrons. The second-order valence-electron chi connectivity index (χ2n) is 12.5. The minimum absolute atomic E-state index is 0.117. The molecule has 2 aliphatic heterocycles. The first-order valence-electron chi connectivity index (χ1n) is 15.2. The molecule has 3 aromatic carbocycles. The highest BCUT2D eigenvalue weighted by atomic mass is 28.4. The maximum atomic E-state index is 14.5. The van der Waals surface area contributed by atoms with Gasteiger partial charge in [-0.3, -0.25) is 19.6 Å². The van der Waals surface area contributed by atoms with Crippen LogP contribution in [0.1, 0.15) is 41.6 Å². The number of carbonyl (C=O) groups is 1. The van der Waals surface area contributed by atoms with Crippen molar-refractivity contribution in [3.63, 3.8) is 0 Å². The Morgan fingerprint density at radius 3 is 2.42 bits per heavy atom. The van der Waals surface area contributed by atoms with Gasteiger partial charge in [0.25, 0.3) is 11.6 Å². The quantitative estimate of drug-likeness (QED) is 0.146. The molecule has 4 aromatic rings. The summed E-state index contributed by atoms with van der Waals surface area (Å²) in [6, 6.07) is 23.7. The van der Waals surface area contributed by atoms with Crippen molar-refractivity contribution in [3.05, 3.63) is 118 Å². The number of anilines is 1. The van der Waals surface area contributed by atoms with E-state index < -0.39 is 30.9 Å². The molecule has 1 aromatic heterocycles. The van der Waals surface area contributed by atoms with E-state index in [0.29, 0.717) is 29.9 Å². The van der Waals surface area contributed by atoms with Crippen molar-refractivity contribution in [2.45, 2.75) is 62.7 Å². The zero-order chi connectivity index (χ0) is 31.9. The van der Waals surface area contributed by atoms with Gasteiger partial charge in [0.1, 0.15) is 0 Å². The number of aryl methyl sites for hydroxylation is 1. The third kappa shape index (κ3) is 5.48. The lowest BCUT2D eigenvalue weighted by atomic mass is 9.82. The number of carbonyl (C=O) groups excluding carboxylic acids is 1. The van der Waals surface area contributed by atoms with Crippen LogP contribution in [0, 0.1) is 16.0 Å². The number of non-ortho nitro benzene ring substituents is 1. The number of aliphatic hydroxyl groups is 1. The molecule has 2 aliphatic rings. The third-order valence-electron chi connectivity index (χ3n) is 9.30. The first-order chi connectivity index (χ1) is 21.5. The summed E-state index contributed by atoms with van der Waals surface area (Å²) in [5.74, 6) is -1.05. The molecule has 5 atom stereocenters. The van der Waals surface area contributed by atoms with Crippen molar-refractivity contribution in [1.29, 1.82) is 0 Å². The van der Waals surface area contributed by atoms with Gasteiger partial charge in [0.05, 0.1) is 41.5 Å². The van der Waals surface area contributed by atoms with Crippen LogP contribution in [0.25, 0.3) is 0 Å². The van der Waals surface area contributed by atoms with E-state index in [-0.39, 0.29) is 36.2 Å². The molecule has 1 saturated heterocycles. The minimum Gasteiger partial charge on any atom is -0.432 e. The van der Waals surface area contributed by atoms with E-state index in [1.165, 1.54) is 12.1 Å². The van der Waals surface area contributed by atoms with Crippen LogP contribution in [0.4, 0.5) is 11.4 Å². The lowest BCUT2D eigenvalue weighted by molar-refractivity contribution is -0.385. The van der Waals surface area contributed by atoms with E-state index in [0.717, 1.165) is 11.1 Å². The Kier molecular flexibility index (Phi) is 8.16. The number of aromatic nitrogens is 3. The van der Waals surface area contributed by atoms with E-state index >= 15 is 0 Å². The molecule has 0 aliphatic carbocycles. The third-order valence-corrected chi connectivity index (χ3v) is 11.8. The second-order valence-corrected chi connectivity index (χ2v) is 16.5. The molecule has 2 N–H and O–H groups in total. The van der Waals surface area contributed by atoms with Crippen LogP contribution in [0.2, 0.25) is 18.6 Å². The number of fused-ring (bicyclic) bond motifs is 2. The molecule has 12 heteroatoms. The predicted molar refractivity (Wildman–Crippen MR) is 170 cm³/mol. The average Bonchev–Trinajstić information content (AvgIpc) is 3.68. The summed E-state index contributed by atoms with van der Waals surface area (Å²) >= 11 is 0. The summed E-state index contributed by atoms with van der Waals surface area (Å²) < 4.78 is 8.52. The number of benzene rings is 3. The molecule has 1 amide bonds. The molecule has 1 fully saturated rings. The van der Waals surface area contributed by atoms with Gasteiger partial charge in [-0.05, 0) is 36.7 Å². The molecule has 6 rings (SSSR count). The zero-order valence-corrected chi connectivity index (χ0v) is 26.5. The van der Waals surface area contributed by atoms with Crippen LogP contribution >= 0.6 is 0 Å². The summed E-state index contributed by atoms with van der Waals surface area (Å²) in [7, 11) is -2.93. The first kappa shape index (κ1) is 30.8. The molecule has 0 bridgehead atoms. The van der Waals surface area contributed by atoms with Crippen molar-refractivity contribution < 1.29 is 24.4 Å². The molecule has 11 nitrogen and oxygen atoms in total. The number of aliphatic hydroxyl groups excluding tert-OH is 1. The van der Waals surface area contributed by atoms with Gasteiger partial charge in [0.2, 0.25) is 0 Å². The van der Waals surface area contributed by atoms with E-state index in [1.807, 2.05) is 80.7 Å². The lowest BCUT2D eigenvalue weighted by Crippen LogP contribution is -2.46. The Bertz CT molecular complexity index is 1690. The molecule has 1 spiro atoms. The number of ether oxygens (including phenoxy) is 1. The van der Waals surface area contributed by atoms with Crippen LogP contribution < -0.4 is 4.90 Å². The van der Waals surface area contributed by atoms with Gasteiger partial charge in [-0.15, -0.1) is 5.10 Å². The van der Waals surface area contributed by atoms with E-state index in [4.69, 9.17) is 4.74 Å². The minimum atomic E-state index is -2.93. The fourth-order valence-corrected chi connectivity index (χ4v) is 9.87. The standard InChI is InChI=1S/C33H37N5O6Si/c1-22-31(45(2,3)43)30(16-17-36-20-28(34-35-36)26(21-39)24-12-8-5-9-13-24)44-33(22)27-18-25(38(41)42)14-15-29(27)37(32(33)40)19-23-10-6-4-7-11-23/h4-15,18,20,22,26,30-31,39,43H,16-17,19,21H2,1-3H3/t22-,26?,30+,31-,33+/m1/s1. The number of rotatable bonds is 10. The maximum absolute atomic E-state index is 14.5. The van der Waals surface area contributed by atoms with Crippen LogP contribution in [-0.4, -0.2) is 56.8 Å². The van der Waals surface area contributed by atoms with Crippen molar-refractivity contribution in [2.75, 3.05) is 11.5 Å². The second kappa shape index (κ2) is 11.9. The normalized spacial score (nSPS) is 23.4. The molecule has 0 saturated carbocycles. The van der Waals surface area contributed by atoms with Gasteiger partial charge >= 0.3 is 0 Å². The Labute approximate surface area is 262 Å². The summed E-state index contributed by atoms with van der Waals surface area (Å²) in [5.41, 5.74) is 1.58. The van der Waals surface area contributed by atoms with Crippen LogP contribution in [0.5, 0.6) is 0 Å². The van der Waals surface area contributed by atoms with Gasteiger partial charge in [-0.1, -0.05) is 72.8 Å². The molecule has 234 valence electrons. The fourth-order valence-electron chi connectivity index (χ4n) is 7.27. The Morgan fingerprint density at radius 2 is 1.78 bits per heavy atom. The first-order valence-corrected chi connectivity index (χ1v) is 18.2. The molecular weight excluding hydrogens is 590 g/mol. The lowest BCUT2D eigenvalue weighted by Gasteiger charge is -2.32. The van der Waals surface area contributed by atoms with Crippen LogP contribution in [0.15, 0.2) is 85.1 Å². The topological polar surface area (TPSA) is 144 Å². The highest BCUT2D eigenvalue weighted by Gasteiger charge is 2.66. The maximum Gasteiger partial charge on any atom is 0.269 e. The molecular formula is C33H37N5O6Si. The SMILES string of the molecule is C[C@@H]1[C@@H]([Si](C)(C)O)[C@H](CCn2cc(C(CO)c3ccccc3)nn2)O[C@@]12C(=O)N(Cc1ccccc1)c1ccc([N+](=O)[O-])cc12. The number of nitro benzene ring substituents is 1. The smallest absolute Gasteiger partial charge is 0.269 e. The summed E-state index contributed by atoms with van der Waals surface area (Å²) in [5, 5.41) is 30.6. The number of nitro groups is 1. The van der Waals surface area contributed by atoms with Crippen molar-refractivity contribution in [3.8, 4) is 0 Å². The zero-order valence-electron chi connectivity index (χ0n) is 25.5. The average molecular weight is 628 g/mol. The van der Waals surface area contributed by atoms with E-state index in [2.05, 4.69) is 10.3 Å².